The number of ether oxygens (including phenoxy) is 2. The lowest BCUT2D eigenvalue weighted by Gasteiger charge is -2.12. The van der Waals surface area contributed by atoms with Crippen LogP contribution >= 0.6 is 0 Å². The molecule has 0 fully saturated rings. The average Bonchev–Trinajstić information content (AvgIpc) is 2.42. The lowest BCUT2D eigenvalue weighted by atomic mass is 10.1. The summed E-state index contributed by atoms with van der Waals surface area (Å²) in [5.41, 5.74) is 0.158. The monoisotopic (exact) mass is 277 g/mol. The van der Waals surface area contributed by atoms with E-state index in [9.17, 15) is 14.7 Å². The number of esters is 1. The second-order valence-corrected chi connectivity index (χ2v) is 4.36. The van der Waals surface area contributed by atoms with Crippen molar-refractivity contribution in [1.29, 1.82) is 0 Å². The van der Waals surface area contributed by atoms with Crippen LogP contribution in [0.5, 0.6) is 11.5 Å². The fourth-order valence-electron chi connectivity index (χ4n) is 2.07. The largest absolute Gasteiger partial charge is 0.507 e. The minimum absolute atomic E-state index is 0.153. The van der Waals surface area contributed by atoms with Crippen molar-refractivity contribution < 1.29 is 19.4 Å². The van der Waals surface area contributed by atoms with Gasteiger partial charge in [-0.15, -0.1) is 0 Å². The molecule has 0 aliphatic carbocycles. The van der Waals surface area contributed by atoms with E-state index < -0.39 is 11.5 Å². The third-order valence-corrected chi connectivity index (χ3v) is 3.12. The molecule has 0 saturated heterocycles. The Balaban J connectivity index is 2.72. The summed E-state index contributed by atoms with van der Waals surface area (Å²) in [4.78, 5) is 23.7. The highest BCUT2D eigenvalue weighted by molar-refractivity contribution is 5.89. The van der Waals surface area contributed by atoms with Crippen molar-refractivity contribution in [2.75, 3.05) is 14.2 Å². The molecule has 1 heterocycles. The van der Waals surface area contributed by atoms with E-state index in [4.69, 9.17) is 4.74 Å². The smallest absolute Gasteiger partial charge is 0.325 e. The molecule has 6 nitrogen and oxygen atoms in total. The summed E-state index contributed by atoms with van der Waals surface area (Å²) in [6.07, 6.45) is 0. The molecule has 20 heavy (non-hydrogen) atoms. The predicted octanol–water partition coefficient (Wildman–Crippen LogP) is 1.20. The zero-order valence-corrected chi connectivity index (χ0v) is 11.5. The first-order valence-corrected chi connectivity index (χ1v) is 5.96. The highest BCUT2D eigenvalue weighted by Gasteiger charge is 2.14. The van der Waals surface area contributed by atoms with E-state index in [1.807, 2.05) is 0 Å². The molecule has 1 aromatic carbocycles. The Kier molecular flexibility index (Phi) is 3.65. The zero-order valence-electron chi connectivity index (χ0n) is 11.5. The maximum absolute atomic E-state index is 12.4. The third-order valence-electron chi connectivity index (χ3n) is 3.12. The van der Waals surface area contributed by atoms with Crippen molar-refractivity contribution >= 4 is 16.7 Å². The number of hydrogen-bond donors (Lipinski definition) is 1. The minimum atomic E-state index is -0.525. The van der Waals surface area contributed by atoms with Gasteiger partial charge in [-0.25, -0.2) is 0 Å². The predicted molar refractivity (Wildman–Crippen MR) is 73.2 cm³/mol. The number of nitrogens with zero attached hydrogens (tertiary/aromatic N) is 1. The van der Waals surface area contributed by atoms with Crippen LogP contribution in [-0.4, -0.2) is 29.9 Å². The van der Waals surface area contributed by atoms with Crippen LogP contribution in [0.1, 0.15) is 5.69 Å². The van der Waals surface area contributed by atoms with E-state index in [-0.39, 0.29) is 17.7 Å². The van der Waals surface area contributed by atoms with Gasteiger partial charge in [0.25, 0.3) is 5.56 Å². The summed E-state index contributed by atoms with van der Waals surface area (Å²) in [6, 6.07) is 4.73. The molecule has 0 aliphatic heterocycles. The number of aromatic nitrogens is 1. The first-order valence-electron chi connectivity index (χ1n) is 5.96. The maximum atomic E-state index is 12.4. The molecule has 0 amide bonds. The zero-order chi connectivity index (χ0) is 14.9. The Bertz CT molecular complexity index is 732. The minimum Gasteiger partial charge on any atom is -0.507 e. The van der Waals surface area contributed by atoms with E-state index in [1.165, 1.54) is 24.9 Å². The van der Waals surface area contributed by atoms with Crippen molar-refractivity contribution in [2.45, 2.75) is 13.5 Å². The van der Waals surface area contributed by atoms with Crippen molar-refractivity contribution in [3.63, 3.8) is 0 Å². The van der Waals surface area contributed by atoms with Crippen molar-refractivity contribution in [3.05, 3.63) is 34.2 Å². The highest BCUT2D eigenvalue weighted by Crippen LogP contribution is 2.28. The highest BCUT2D eigenvalue weighted by atomic mass is 16.5. The first-order chi connectivity index (χ1) is 9.47. The van der Waals surface area contributed by atoms with Gasteiger partial charge in [-0.1, -0.05) is 0 Å². The van der Waals surface area contributed by atoms with E-state index in [0.29, 0.717) is 16.8 Å². The fraction of sp³-hybridized carbons (Fsp3) is 0.286. The lowest BCUT2D eigenvalue weighted by Crippen LogP contribution is -2.26. The van der Waals surface area contributed by atoms with E-state index in [1.54, 1.807) is 19.1 Å². The first kappa shape index (κ1) is 13.9. The number of methoxy groups -OCH3 is 2. The summed E-state index contributed by atoms with van der Waals surface area (Å²) >= 11 is 0. The molecule has 1 N–H and O–H groups in total. The Morgan fingerprint density at radius 1 is 1.30 bits per heavy atom. The van der Waals surface area contributed by atoms with Crippen LogP contribution in [0.15, 0.2) is 23.0 Å². The molecule has 0 bridgehead atoms. The van der Waals surface area contributed by atoms with Crippen molar-refractivity contribution in [3.8, 4) is 11.5 Å². The van der Waals surface area contributed by atoms with Gasteiger partial charge >= 0.3 is 5.97 Å². The number of aromatic hydroxyl groups is 1. The van der Waals surface area contributed by atoms with Gasteiger partial charge in [-0.2, -0.15) is 0 Å². The molecular weight excluding hydrogens is 262 g/mol. The number of aryl methyl sites for hydroxylation is 1. The van der Waals surface area contributed by atoms with Crippen LogP contribution in [0.3, 0.4) is 0 Å². The van der Waals surface area contributed by atoms with Crippen molar-refractivity contribution in [2.24, 2.45) is 0 Å². The Morgan fingerprint density at radius 3 is 2.60 bits per heavy atom. The number of phenolic OH excluding ortho intramolecular Hbond substituents is 1. The van der Waals surface area contributed by atoms with Crippen LogP contribution in [0.4, 0.5) is 0 Å². The molecule has 2 aromatic rings. The number of pyridine rings is 1. The summed E-state index contributed by atoms with van der Waals surface area (Å²) in [5, 5.41) is 10.7. The second kappa shape index (κ2) is 5.24. The second-order valence-electron chi connectivity index (χ2n) is 4.36. The van der Waals surface area contributed by atoms with E-state index in [0.717, 1.165) is 0 Å². The van der Waals surface area contributed by atoms with E-state index >= 15 is 0 Å². The quantitative estimate of drug-likeness (QED) is 0.853. The average molecular weight is 277 g/mol. The molecular formula is C14H15NO5. The van der Waals surface area contributed by atoms with Crippen LogP contribution < -0.4 is 10.3 Å². The van der Waals surface area contributed by atoms with Crippen molar-refractivity contribution in [1.82, 2.24) is 4.57 Å². The van der Waals surface area contributed by atoms with Crippen LogP contribution in [0.25, 0.3) is 10.8 Å². The summed E-state index contributed by atoms with van der Waals surface area (Å²) < 4.78 is 10.9. The van der Waals surface area contributed by atoms with Gasteiger partial charge in [-0.05, 0) is 24.4 Å². The molecule has 0 saturated carbocycles. The molecule has 2 rings (SSSR count). The van der Waals surface area contributed by atoms with Crippen LogP contribution in [-0.2, 0) is 16.1 Å². The van der Waals surface area contributed by atoms with Gasteiger partial charge in [0, 0.05) is 11.8 Å². The molecule has 0 aliphatic rings. The number of carbonyl (C=O) groups excluding carboxylic acids is 1. The van der Waals surface area contributed by atoms with Gasteiger partial charge in [0.2, 0.25) is 0 Å². The Morgan fingerprint density at radius 2 is 2.00 bits per heavy atom. The molecule has 6 heteroatoms. The number of hydrogen-bond acceptors (Lipinski definition) is 5. The van der Waals surface area contributed by atoms with Gasteiger partial charge in [0.05, 0.1) is 19.6 Å². The normalized spacial score (nSPS) is 10.6. The van der Waals surface area contributed by atoms with Crippen LogP contribution in [0, 0.1) is 6.92 Å². The Labute approximate surface area is 115 Å². The van der Waals surface area contributed by atoms with Crippen LogP contribution in [0.2, 0.25) is 0 Å². The summed E-state index contributed by atoms with van der Waals surface area (Å²) in [6.45, 7) is 1.52. The number of carbonyl (C=O) groups is 1. The molecule has 0 unspecified atom stereocenters. The number of fused-ring (bicyclic) bond motifs is 1. The SMILES string of the molecule is COC(=O)Cn1c(C)cc2cc(OC)cc(O)c2c1=O. The molecule has 0 radical (unpaired) electrons. The number of rotatable bonds is 3. The standard InChI is InChI=1S/C14H15NO5/c1-8-4-9-5-10(19-2)6-11(16)13(9)14(18)15(8)7-12(17)20-3/h4-6,16H,7H2,1-3H3. The van der Waals surface area contributed by atoms with Gasteiger partial charge < -0.3 is 19.1 Å². The summed E-state index contributed by atoms with van der Waals surface area (Å²) in [7, 11) is 2.73. The van der Waals surface area contributed by atoms with E-state index in [2.05, 4.69) is 4.74 Å². The van der Waals surface area contributed by atoms with Gasteiger partial charge in [0.1, 0.15) is 18.0 Å². The molecule has 0 spiro atoms. The third kappa shape index (κ3) is 2.32. The molecule has 1 aromatic heterocycles. The number of benzene rings is 1. The maximum Gasteiger partial charge on any atom is 0.325 e. The molecule has 106 valence electrons. The lowest BCUT2D eigenvalue weighted by molar-refractivity contribution is -0.141. The fourth-order valence-corrected chi connectivity index (χ4v) is 2.07. The summed E-state index contributed by atoms with van der Waals surface area (Å²) in [5.74, 6) is -0.245. The number of phenols is 1. The topological polar surface area (TPSA) is 77.8 Å². The van der Waals surface area contributed by atoms with Gasteiger partial charge in [-0.3, -0.25) is 9.59 Å². The van der Waals surface area contributed by atoms with Gasteiger partial charge in [0.15, 0.2) is 0 Å². The Hall–Kier alpha value is -2.50. The molecule has 0 atom stereocenters.